The molecule has 1 amide bonds. The van der Waals surface area contributed by atoms with Gasteiger partial charge in [-0.15, -0.1) is 0 Å². The lowest BCUT2D eigenvalue weighted by molar-refractivity contribution is 0.102. The van der Waals surface area contributed by atoms with Gasteiger partial charge in [-0.05, 0) is 43.2 Å². The Morgan fingerprint density at radius 2 is 1.93 bits per heavy atom. The van der Waals surface area contributed by atoms with E-state index >= 15 is 0 Å². The number of rotatable bonds is 6. The lowest BCUT2D eigenvalue weighted by atomic mass is 10.1. The van der Waals surface area contributed by atoms with Crippen LogP contribution in [0.2, 0.25) is 5.02 Å². The molecule has 7 heteroatoms. The van der Waals surface area contributed by atoms with Crippen molar-refractivity contribution in [1.82, 2.24) is 9.97 Å². The second-order valence-corrected chi connectivity index (χ2v) is 6.36. The van der Waals surface area contributed by atoms with Crippen LogP contribution in [0, 0.1) is 12.7 Å². The third-order valence-electron chi connectivity index (χ3n) is 3.80. The molecule has 0 atom stereocenters. The van der Waals surface area contributed by atoms with Crippen LogP contribution in [0.1, 0.15) is 21.9 Å². The van der Waals surface area contributed by atoms with Gasteiger partial charge in [0.05, 0.1) is 5.69 Å². The first-order chi connectivity index (χ1) is 13.0. The van der Waals surface area contributed by atoms with Crippen molar-refractivity contribution in [1.29, 1.82) is 0 Å². The van der Waals surface area contributed by atoms with E-state index in [9.17, 15) is 9.18 Å². The smallest absolute Gasteiger partial charge is 0.274 e. The number of hydrogen-bond donors (Lipinski definition) is 2. The predicted octanol–water partition coefficient (Wildman–Crippen LogP) is 4.48. The first-order valence-electron chi connectivity index (χ1n) is 8.41. The molecule has 27 heavy (non-hydrogen) atoms. The van der Waals surface area contributed by atoms with Crippen LogP contribution in [0.25, 0.3) is 0 Å². The maximum absolute atomic E-state index is 13.7. The summed E-state index contributed by atoms with van der Waals surface area (Å²) in [4.78, 5) is 20.8. The SMILES string of the molecule is Cc1nc(NCCc2cccc(Cl)c2)cc(C(=O)Nc2ccccc2F)n1. The molecule has 3 rings (SSSR count). The minimum Gasteiger partial charge on any atom is -0.370 e. The van der Waals surface area contributed by atoms with E-state index in [1.807, 2.05) is 24.3 Å². The monoisotopic (exact) mass is 384 g/mol. The summed E-state index contributed by atoms with van der Waals surface area (Å²) >= 11 is 5.98. The molecule has 0 fully saturated rings. The number of carbonyl (C=O) groups excluding carboxylic acids is 1. The van der Waals surface area contributed by atoms with E-state index in [1.54, 1.807) is 25.1 Å². The lowest BCUT2D eigenvalue weighted by Gasteiger charge is -2.10. The number of aryl methyl sites for hydroxylation is 1. The molecule has 0 aliphatic rings. The van der Waals surface area contributed by atoms with E-state index < -0.39 is 11.7 Å². The molecule has 1 aromatic heterocycles. The van der Waals surface area contributed by atoms with Gasteiger partial charge >= 0.3 is 0 Å². The normalized spacial score (nSPS) is 10.5. The van der Waals surface area contributed by atoms with Crippen molar-refractivity contribution in [3.8, 4) is 0 Å². The van der Waals surface area contributed by atoms with Crippen LogP contribution in [-0.2, 0) is 6.42 Å². The fourth-order valence-corrected chi connectivity index (χ4v) is 2.76. The number of anilines is 2. The number of nitrogens with one attached hydrogen (secondary N) is 2. The maximum Gasteiger partial charge on any atom is 0.274 e. The standard InChI is InChI=1S/C20H18ClFN4O/c1-13-24-18(20(27)26-17-8-3-2-7-16(17)22)12-19(25-13)23-10-9-14-5-4-6-15(21)11-14/h2-8,11-12H,9-10H2,1H3,(H,26,27)(H,23,24,25). The van der Waals surface area contributed by atoms with E-state index in [4.69, 9.17) is 11.6 Å². The Balaban J connectivity index is 1.66. The maximum atomic E-state index is 13.7. The molecule has 0 unspecified atom stereocenters. The van der Waals surface area contributed by atoms with Crippen molar-refractivity contribution in [3.63, 3.8) is 0 Å². The second kappa shape index (κ2) is 8.60. The van der Waals surface area contributed by atoms with E-state index in [-0.39, 0.29) is 11.4 Å². The summed E-state index contributed by atoms with van der Waals surface area (Å²) in [7, 11) is 0. The number of benzene rings is 2. The van der Waals surface area contributed by atoms with Crippen LogP contribution in [0.3, 0.4) is 0 Å². The van der Waals surface area contributed by atoms with Gasteiger partial charge in [-0.2, -0.15) is 0 Å². The molecule has 1 heterocycles. The average molecular weight is 385 g/mol. The zero-order chi connectivity index (χ0) is 19.2. The fourth-order valence-electron chi connectivity index (χ4n) is 2.55. The number of halogens is 2. The summed E-state index contributed by atoms with van der Waals surface area (Å²) in [5, 5.41) is 6.39. The van der Waals surface area contributed by atoms with Crippen LogP contribution in [0.4, 0.5) is 15.9 Å². The quantitative estimate of drug-likeness (QED) is 0.657. The zero-order valence-corrected chi connectivity index (χ0v) is 15.4. The minimum absolute atomic E-state index is 0.106. The number of para-hydroxylation sites is 1. The van der Waals surface area contributed by atoms with Crippen LogP contribution in [0.15, 0.2) is 54.6 Å². The summed E-state index contributed by atoms with van der Waals surface area (Å²) in [6.07, 6.45) is 0.750. The molecule has 3 aromatic rings. The van der Waals surface area contributed by atoms with Gasteiger partial charge in [0.15, 0.2) is 0 Å². The molecule has 0 saturated carbocycles. The Bertz CT molecular complexity index is 964. The van der Waals surface area contributed by atoms with Crippen LogP contribution in [-0.4, -0.2) is 22.4 Å². The van der Waals surface area contributed by atoms with E-state index in [2.05, 4.69) is 20.6 Å². The molecule has 0 spiro atoms. The molecule has 0 saturated heterocycles. The van der Waals surface area contributed by atoms with Gasteiger partial charge in [-0.1, -0.05) is 35.9 Å². The number of hydrogen-bond acceptors (Lipinski definition) is 4. The molecule has 0 radical (unpaired) electrons. The molecule has 0 aliphatic carbocycles. The van der Waals surface area contributed by atoms with Crippen molar-refractivity contribution >= 4 is 29.0 Å². The van der Waals surface area contributed by atoms with Gasteiger partial charge < -0.3 is 10.6 Å². The van der Waals surface area contributed by atoms with Crippen LogP contribution < -0.4 is 10.6 Å². The highest BCUT2D eigenvalue weighted by molar-refractivity contribution is 6.30. The Morgan fingerprint density at radius 1 is 1.11 bits per heavy atom. The average Bonchev–Trinajstić information content (AvgIpc) is 2.63. The molecule has 5 nitrogen and oxygen atoms in total. The third kappa shape index (κ3) is 5.24. The fraction of sp³-hybridized carbons (Fsp3) is 0.150. The van der Waals surface area contributed by atoms with Gasteiger partial charge in [0, 0.05) is 17.6 Å². The number of nitrogens with zero attached hydrogens (tertiary/aromatic N) is 2. The van der Waals surface area contributed by atoms with Crippen LogP contribution >= 0.6 is 11.6 Å². The summed E-state index contributed by atoms with van der Waals surface area (Å²) in [6, 6.07) is 15.1. The molecular formula is C20H18ClFN4O. The van der Waals surface area contributed by atoms with Gasteiger partial charge in [-0.3, -0.25) is 4.79 Å². The van der Waals surface area contributed by atoms with Gasteiger partial charge in [-0.25, -0.2) is 14.4 Å². The zero-order valence-electron chi connectivity index (χ0n) is 14.7. The van der Waals surface area contributed by atoms with E-state index in [0.717, 1.165) is 12.0 Å². The van der Waals surface area contributed by atoms with E-state index in [1.165, 1.54) is 12.1 Å². The Labute approximate surface area is 161 Å². The Morgan fingerprint density at radius 3 is 2.70 bits per heavy atom. The highest BCUT2D eigenvalue weighted by Crippen LogP contribution is 2.15. The summed E-state index contributed by atoms with van der Waals surface area (Å²) in [5.41, 5.74) is 1.36. The van der Waals surface area contributed by atoms with Crippen molar-refractivity contribution in [3.05, 3.63) is 82.5 Å². The van der Waals surface area contributed by atoms with Crippen molar-refractivity contribution < 1.29 is 9.18 Å². The molecular weight excluding hydrogens is 367 g/mol. The molecule has 2 N–H and O–H groups in total. The number of aromatic nitrogens is 2. The second-order valence-electron chi connectivity index (χ2n) is 5.93. The number of carbonyl (C=O) groups is 1. The highest BCUT2D eigenvalue weighted by Gasteiger charge is 2.12. The van der Waals surface area contributed by atoms with E-state index in [0.29, 0.717) is 23.2 Å². The Hall–Kier alpha value is -2.99. The lowest BCUT2D eigenvalue weighted by Crippen LogP contribution is -2.17. The summed E-state index contributed by atoms with van der Waals surface area (Å²) in [5.74, 6) is -0.0235. The largest absolute Gasteiger partial charge is 0.370 e. The third-order valence-corrected chi connectivity index (χ3v) is 4.04. The molecule has 2 aromatic carbocycles. The summed E-state index contributed by atoms with van der Waals surface area (Å²) < 4.78 is 13.7. The van der Waals surface area contributed by atoms with Crippen molar-refractivity contribution in [2.24, 2.45) is 0 Å². The highest BCUT2D eigenvalue weighted by atomic mass is 35.5. The van der Waals surface area contributed by atoms with Gasteiger partial charge in [0.25, 0.3) is 5.91 Å². The van der Waals surface area contributed by atoms with Gasteiger partial charge in [0.1, 0.15) is 23.2 Å². The van der Waals surface area contributed by atoms with Gasteiger partial charge in [0.2, 0.25) is 0 Å². The summed E-state index contributed by atoms with van der Waals surface area (Å²) in [6.45, 7) is 2.31. The minimum atomic E-state index is -0.503. The molecule has 0 aliphatic heterocycles. The first kappa shape index (κ1) is 18.8. The topological polar surface area (TPSA) is 66.9 Å². The van der Waals surface area contributed by atoms with Crippen LogP contribution in [0.5, 0.6) is 0 Å². The Kier molecular flexibility index (Phi) is 5.98. The molecule has 138 valence electrons. The van der Waals surface area contributed by atoms with Crippen molar-refractivity contribution in [2.45, 2.75) is 13.3 Å². The number of amides is 1. The first-order valence-corrected chi connectivity index (χ1v) is 8.79. The predicted molar refractivity (Wildman–Crippen MR) is 105 cm³/mol. The van der Waals surface area contributed by atoms with Crippen molar-refractivity contribution in [2.75, 3.05) is 17.2 Å². The molecule has 0 bridgehead atoms.